The topological polar surface area (TPSA) is 120 Å². The summed E-state index contributed by atoms with van der Waals surface area (Å²) in [6.45, 7) is 14.9. The number of carboxylic acids is 2. The fourth-order valence-electron chi connectivity index (χ4n) is 7.58. The molecule has 312 valence electrons. The highest BCUT2D eigenvalue weighted by atomic mass is 31.2. The summed E-state index contributed by atoms with van der Waals surface area (Å²) in [5, 5.41) is 30.1. The van der Waals surface area contributed by atoms with Crippen molar-refractivity contribution >= 4 is 20.5 Å². The van der Waals surface area contributed by atoms with Gasteiger partial charge in [-0.25, -0.2) is 4.67 Å². The molecule has 0 aromatic rings. The largest absolute Gasteiger partial charge is 0.481 e. The number of aliphatic carboxylic acids is 2. The first-order valence-corrected chi connectivity index (χ1v) is 23.3. The maximum atomic E-state index is 13.0. The van der Waals surface area contributed by atoms with Gasteiger partial charge < -0.3 is 19.3 Å². The fourth-order valence-corrected chi connectivity index (χ4v) is 9.37. The first-order chi connectivity index (χ1) is 25.5. The highest BCUT2D eigenvalue weighted by Crippen LogP contribution is 2.49. The van der Waals surface area contributed by atoms with Crippen LogP contribution in [0.4, 0.5) is 0 Å². The second-order valence-corrected chi connectivity index (χ2v) is 17.7. The van der Waals surface area contributed by atoms with Gasteiger partial charge >= 0.3 is 11.9 Å². The van der Waals surface area contributed by atoms with E-state index in [1.54, 1.807) is 0 Å². The van der Waals surface area contributed by atoms with Gasteiger partial charge in [0.2, 0.25) is 0 Å². The minimum absolute atomic E-state index is 0.0972. The van der Waals surface area contributed by atoms with Crippen LogP contribution < -0.4 is 0 Å². The number of nitrogens with zero attached hydrogens (tertiary/aromatic N) is 2. The summed E-state index contributed by atoms with van der Waals surface area (Å²) in [6.07, 6.45) is 29.0. The molecule has 0 rings (SSSR count). The molecule has 0 aliphatic heterocycles. The number of nitriles is 1. The predicted octanol–water partition coefficient (Wildman–Crippen LogP) is 13.9. The molecule has 0 fully saturated rings. The molecule has 0 heterocycles. The molecule has 0 bridgehead atoms. The molecule has 9 heteroatoms. The lowest BCUT2D eigenvalue weighted by Crippen LogP contribution is -2.38. The van der Waals surface area contributed by atoms with Crippen molar-refractivity contribution in [3.05, 3.63) is 0 Å². The van der Waals surface area contributed by atoms with E-state index in [0.717, 1.165) is 38.5 Å². The van der Waals surface area contributed by atoms with Crippen LogP contribution in [0.2, 0.25) is 0 Å². The lowest BCUT2D eigenvalue weighted by Gasteiger charge is -2.39. The molecule has 53 heavy (non-hydrogen) atoms. The molecule has 0 saturated carbocycles. The van der Waals surface area contributed by atoms with Crippen molar-refractivity contribution in [2.45, 2.75) is 240 Å². The summed E-state index contributed by atoms with van der Waals surface area (Å²) >= 11 is 0. The summed E-state index contributed by atoms with van der Waals surface area (Å²) in [7, 11) is -1.62. The Bertz CT molecular complexity index is 905. The second-order valence-electron chi connectivity index (χ2n) is 16.3. The third-order valence-corrected chi connectivity index (χ3v) is 12.9. The molecule has 0 aliphatic carbocycles. The molecule has 0 aromatic heterocycles. The van der Waals surface area contributed by atoms with Crippen LogP contribution in [0.15, 0.2) is 0 Å². The van der Waals surface area contributed by atoms with Crippen molar-refractivity contribution in [1.29, 1.82) is 5.26 Å². The lowest BCUT2D eigenvalue weighted by atomic mass is 9.80. The SMILES string of the molecule is CCCCCCCCCCCCCCC(C(=O)O)C(C)CC(C(=O)O)C(CCCCCCCCCCCCC)OP(OCCC#N)N(C(C)C)C(C)C. The van der Waals surface area contributed by atoms with Gasteiger partial charge in [-0.15, -0.1) is 0 Å². The first-order valence-electron chi connectivity index (χ1n) is 22.2. The maximum absolute atomic E-state index is 13.0. The molecule has 0 aliphatic rings. The Hall–Kier alpha value is -1.26. The van der Waals surface area contributed by atoms with Crippen molar-refractivity contribution in [3.63, 3.8) is 0 Å². The van der Waals surface area contributed by atoms with Crippen LogP contribution in [0, 0.1) is 29.1 Å². The van der Waals surface area contributed by atoms with Crippen molar-refractivity contribution < 1.29 is 28.8 Å². The number of rotatable bonds is 39. The summed E-state index contributed by atoms with van der Waals surface area (Å²) in [5.41, 5.74) is 0. The van der Waals surface area contributed by atoms with Gasteiger partial charge in [0.05, 0.1) is 37.0 Å². The normalized spacial score (nSPS) is 14.7. The van der Waals surface area contributed by atoms with Gasteiger partial charge in [-0.05, 0) is 52.9 Å². The van der Waals surface area contributed by atoms with Crippen LogP contribution in [-0.4, -0.2) is 51.6 Å². The van der Waals surface area contributed by atoms with Gasteiger partial charge in [-0.2, -0.15) is 5.26 Å². The number of unbranched alkanes of at least 4 members (excludes halogenated alkanes) is 21. The van der Waals surface area contributed by atoms with Gasteiger partial charge in [0, 0.05) is 12.1 Å². The number of hydrogen-bond donors (Lipinski definition) is 2. The molecular weight excluding hydrogens is 683 g/mol. The summed E-state index contributed by atoms with van der Waals surface area (Å²) < 4.78 is 15.1. The minimum Gasteiger partial charge on any atom is -0.481 e. The van der Waals surface area contributed by atoms with Crippen LogP contribution in [0.1, 0.15) is 222 Å². The smallest absolute Gasteiger partial charge is 0.309 e. The Morgan fingerprint density at radius 1 is 0.604 bits per heavy atom. The molecule has 0 aromatic carbocycles. The van der Waals surface area contributed by atoms with E-state index in [1.807, 2.05) is 6.92 Å². The fraction of sp³-hybridized carbons (Fsp3) is 0.932. The van der Waals surface area contributed by atoms with Gasteiger partial charge in [-0.1, -0.05) is 168 Å². The molecule has 0 saturated heterocycles. The average Bonchev–Trinajstić information content (AvgIpc) is 3.10. The van der Waals surface area contributed by atoms with E-state index in [0.29, 0.717) is 12.8 Å². The van der Waals surface area contributed by atoms with Gasteiger partial charge in [-0.3, -0.25) is 9.59 Å². The molecule has 0 amide bonds. The van der Waals surface area contributed by atoms with Crippen LogP contribution in [0.5, 0.6) is 0 Å². The van der Waals surface area contributed by atoms with Crippen molar-refractivity contribution in [2.24, 2.45) is 17.8 Å². The van der Waals surface area contributed by atoms with Crippen molar-refractivity contribution in [2.75, 3.05) is 6.61 Å². The molecule has 0 spiro atoms. The maximum Gasteiger partial charge on any atom is 0.309 e. The zero-order valence-corrected chi connectivity index (χ0v) is 36.5. The number of hydrogen-bond acceptors (Lipinski definition) is 6. The highest BCUT2D eigenvalue weighted by Gasteiger charge is 2.38. The Labute approximate surface area is 328 Å². The van der Waals surface area contributed by atoms with E-state index in [4.69, 9.17) is 9.05 Å². The first kappa shape index (κ1) is 51.7. The minimum atomic E-state index is -1.62. The molecule has 0 radical (unpaired) electrons. The summed E-state index contributed by atoms with van der Waals surface area (Å²) in [5.74, 6) is -3.50. The van der Waals surface area contributed by atoms with E-state index >= 15 is 0 Å². The zero-order chi connectivity index (χ0) is 39.7. The van der Waals surface area contributed by atoms with E-state index in [2.05, 4.69) is 52.3 Å². The molecular formula is C44H85N2O6P. The van der Waals surface area contributed by atoms with Crippen LogP contribution in [-0.2, 0) is 18.6 Å². The average molecular weight is 769 g/mol. The Morgan fingerprint density at radius 3 is 1.34 bits per heavy atom. The van der Waals surface area contributed by atoms with E-state index in [9.17, 15) is 25.1 Å². The quantitative estimate of drug-likeness (QED) is 0.0468. The standard InChI is InChI=1S/C44H85N2O6P/c1-8-10-12-14-16-18-20-22-23-25-27-29-32-40(43(47)48)39(7)36-41(44(49)50)42(33-30-28-26-24-21-19-17-15-13-11-9-2)52-53(51-35-31-34-45)46(37(3)4)38(5)6/h37-42H,8-33,35-36H2,1-7H3,(H,47,48)(H,49,50). The number of carboxylic acid groups (broad SMARTS) is 2. The Morgan fingerprint density at radius 2 is 0.981 bits per heavy atom. The summed E-state index contributed by atoms with van der Waals surface area (Å²) in [6, 6.07) is 2.34. The number of carbonyl (C=O) groups is 2. The monoisotopic (exact) mass is 769 g/mol. The van der Waals surface area contributed by atoms with E-state index < -0.39 is 38.4 Å². The van der Waals surface area contributed by atoms with Crippen LogP contribution in [0.3, 0.4) is 0 Å². The lowest BCUT2D eigenvalue weighted by molar-refractivity contribution is -0.149. The zero-order valence-electron chi connectivity index (χ0n) is 35.6. The predicted molar refractivity (Wildman–Crippen MR) is 223 cm³/mol. The van der Waals surface area contributed by atoms with Crippen LogP contribution >= 0.6 is 8.53 Å². The van der Waals surface area contributed by atoms with Crippen molar-refractivity contribution in [1.82, 2.24) is 4.67 Å². The highest BCUT2D eigenvalue weighted by molar-refractivity contribution is 7.44. The van der Waals surface area contributed by atoms with E-state index in [-0.39, 0.29) is 37.5 Å². The van der Waals surface area contributed by atoms with Crippen LogP contribution in [0.25, 0.3) is 0 Å². The molecule has 5 atom stereocenters. The van der Waals surface area contributed by atoms with Gasteiger partial charge in [0.25, 0.3) is 8.53 Å². The van der Waals surface area contributed by atoms with Crippen molar-refractivity contribution in [3.8, 4) is 6.07 Å². The Kier molecular flexibility index (Phi) is 34.3. The summed E-state index contributed by atoms with van der Waals surface area (Å²) in [4.78, 5) is 25.5. The third-order valence-electron chi connectivity index (χ3n) is 10.7. The second kappa shape index (κ2) is 35.2. The van der Waals surface area contributed by atoms with E-state index in [1.165, 1.54) is 109 Å². The molecule has 8 nitrogen and oxygen atoms in total. The molecule has 2 N–H and O–H groups in total. The molecule has 5 unspecified atom stereocenters. The van der Waals surface area contributed by atoms with Gasteiger partial charge in [0.1, 0.15) is 0 Å². The third kappa shape index (κ3) is 27.1. The Balaban J connectivity index is 5.49. The van der Waals surface area contributed by atoms with Gasteiger partial charge in [0.15, 0.2) is 0 Å².